The topological polar surface area (TPSA) is 61.4 Å². The van der Waals surface area contributed by atoms with Gasteiger partial charge in [0, 0.05) is 24.8 Å². The minimum atomic E-state index is -0.338. The molecule has 1 aromatic carbocycles. The molecule has 0 unspecified atom stereocenters. The number of carbonyl (C=O) groups is 2. The predicted octanol–water partition coefficient (Wildman–Crippen LogP) is 3.13. The lowest BCUT2D eigenvalue weighted by atomic mass is 9.97. The van der Waals surface area contributed by atoms with Crippen LogP contribution < -0.4 is 10.6 Å². The Hall–Kier alpha value is -2.11. The monoisotopic (exact) mass is 333 g/mol. The standard InChI is InChI=1S/C18H24FN3O2/c19-14-7-9-16(10-8-14)21-18(24)22-11-3-4-13(12-22)17(23)20-15-5-1-2-6-15/h7-10,13,15H,1-6,11-12H2,(H,20,23)(H,21,24)/t13-/m0/s1. The highest BCUT2D eigenvalue weighted by Gasteiger charge is 2.30. The van der Waals surface area contributed by atoms with Crippen molar-refractivity contribution < 1.29 is 14.0 Å². The second-order valence-electron chi connectivity index (χ2n) is 6.71. The van der Waals surface area contributed by atoms with Crippen LogP contribution in [0.2, 0.25) is 0 Å². The summed E-state index contributed by atoms with van der Waals surface area (Å²) in [5.41, 5.74) is 0.555. The van der Waals surface area contributed by atoms with E-state index in [1.165, 1.54) is 37.1 Å². The zero-order valence-electron chi connectivity index (χ0n) is 13.8. The average molecular weight is 333 g/mol. The van der Waals surface area contributed by atoms with Gasteiger partial charge in [-0.2, -0.15) is 0 Å². The molecule has 3 rings (SSSR count). The molecule has 24 heavy (non-hydrogen) atoms. The molecule has 0 spiro atoms. The highest BCUT2D eigenvalue weighted by Crippen LogP contribution is 2.21. The predicted molar refractivity (Wildman–Crippen MR) is 90.1 cm³/mol. The Morgan fingerprint density at radius 1 is 1.04 bits per heavy atom. The van der Waals surface area contributed by atoms with Gasteiger partial charge in [0.25, 0.3) is 0 Å². The molecule has 130 valence electrons. The van der Waals surface area contributed by atoms with E-state index >= 15 is 0 Å². The molecule has 6 heteroatoms. The van der Waals surface area contributed by atoms with E-state index in [4.69, 9.17) is 0 Å². The first-order valence-corrected chi connectivity index (χ1v) is 8.74. The van der Waals surface area contributed by atoms with Gasteiger partial charge in [-0.1, -0.05) is 12.8 Å². The fourth-order valence-electron chi connectivity index (χ4n) is 3.50. The number of benzene rings is 1. The average Bonchev–Trinajstić information content (AvgIpc) is 3.10. The van der Waals surface area contributed by atoms with Crippen molar-refractivity contribution in [2.24, 2.45) is 5.92 Å². The molecule has 5 nitrogen and oxygen atoms in total. The Balaban J connectivity index is 1.53. The van der Waals surface area contributed by atoms with Crippen LogP contribution in [-0.2, 0) is 4.79 Å². The molecule has 1 aliphatic carbocycles. The number of likely N-dealkylation sites (tertiary alicyclic amines) is 1. The fraction of sp³-hybridized carbons (Fsp3) is 0.556. The summed E-state index contributed by atoms with van der Waals surface area (Å²) in [6, 6.07) is 5.75. The van der Waals surface area contributed by atoms with E-state index < -0.39 is 0 Å². The Morgan fingerprint density at radius 3 is 2.46 bits per heavy atom. The molecule has 0 radical (unpaired) electrons. The summed E-state index contributed by atoms with van der Waals surface area (Å²) in [6.45, 7) is 1.08. The summed E-state index contributed by atoms with van der Waals surface area (Å²) in [6.07, 6.45) is 6.13. The van der Waals surface area contributed by atoms with E-state index in [9.17, 15) is 14.0 Å². The SMILES string of the molecule is O=C(NC1CCCC1)[C@H]1CCCN(C(=O)Nc2ccc(F)cc2)C1. The molecule has 3 amide bonds. The Labute approximate surface area is 141 Å². The Kier molecular flexibility index (Phi) is 5.33. The van der Waals surface area contributed by atoms with Gasteiger partial charge in [-0.25, -0.2) is 9.18 Å². The fourth-order valence-corrected chi connectivity index (χ4v) is 3.50. The van der Waals surface area contributed by atoms with Crippen LogP contribution in [0.5, 0.6) is 0 Å². The number of anilines is 1. The highest BCUT2D eigenvalue weighted by molar-refractivity contribution is 5.90. The van der Waals surface area contributed by atoms with Crippen molar-refractivity contribution in [1.82, 2.24) is 10.2 Å². The van der Waals surface area contributed by atoms with E-state index in [0.29, 0.717) is 24.8 Å². The van der Waals surface area contributed by atoms with E-state index in [2.05, 4.69) is 10.6 Å². The first-order valence-electron chi connectivity index (χ1n) is 8.74. The number of carbonyl (C=O) groups excluding carboxylic acids is 2. The molecule has 1 atom stereocenters. The van der Waals surface area contributed by atoms with Gasteiger partial charge in [0.05, 0.1) is 5.92 Å². The van der Waals surface area contributed by atoms with Crippen molar-refractivity contribution in [3.05, 3.63) is 30.1 Å². The van der Waals surface area contributed by atoms with Gasteiger partial charge in [0.2, 0.25) is 5.91 Å². The van der Waals surface area contributed by atoms with E-state index in [1.54, 1.807) is 4.90 Å². The number of rotatable bonds is 3. The van der Waals surface area contributed by atoms with Gasteiger partial charge in [0.15, 0.2) is 0 Å². The zero-order chi connectivity index (χ0) is 16.9. The molecule has 0 aromatic heterocycles. The number of nitrogens with one attached hydrogen (secondary N) is 2. The third-order valence-corrected chi connectivity index (χ3v) is 4.88. The number of hydrogen-bond donors (Lipinski definition) is 2. The minimum absolute atomic E-state index is 0.0705. The van der Waals surface area contributed by atoms with E-state index in [-0.39, 0.29) is 23.7 Å². The van der Waals surface area contributed by atoms with Crippen LogP contribution in [0.15, 0.2) is 24.3 Å². The third-order valence-electron chi connectivity index (χ3n) is 4.88. The lowest BCUT2D eigenvalue weighted by Gasteiger charge is -2.32. The minimum Gasteiger partial charge on any atom is -0.353 e. The van der Waals surface area contributed by atoms with Gasteiger partial charge < -0.3 is 15.5 Å². The van der Waals surface area contributed by atoms with Gasteiger partial charge in [-0.3, -0.25) is 4.79 Å². The lowest BCUT2D eigenvalue weighted by Crippen LogP contribution is -2.48. The maximum Gasteiger partial charge on any atom is 0.321 e. The molecule has 1 saturated carbocycles. The first kappa shape index (κ1) is 16.7. The van der Waals surface area contributed by atoms with Crippen LogP contribution in [0.1, 0.15) is 38.5 Å². The molecule has 1 aromatic rings. The second kappa shape index (κ2) is 7.64. The summed E-state index contributed by atoms with van der Waals surface area (Å²) in [5, 5.41) is 5.89. The van der Waals surface area contributed by atoms with Crippen LogP contribution in [-0.4, -0.2) is 36.0 Å². The van der Waals surface area contributed by atoms with Crippen LogP contribution in [0, 0.1) is 11.7 Å². The maximum absolute atomic E-state index is 12.9. The van der Waals surface area contributed by atoms with E-state index in [0.717, 1.165) is 25.7 Å². The van der Waals surface area contributed by atoms with Gasteiger partial charge in [0.1, 0.15) is 5.82 Å². The third kappa shape index (κ3) is 4.24. The van der Waals surface area contributed by atoms with Crippen molar-refractivity contribution in [2.45, 2.75) is 44.6 Å². The number of piperidine rings is 1. The molecule has 1 aliphatic heterocycles. The number of halogens is 1. The summed E-state index contributed by atoms with van der Waals surface area (Å²) in [5.74, 6) is -0.408. The van der Waals surface area contributed by atoms with E-state index in [1.807, 2.05) is 0 Å². The van der Waals surface area contributed by atoms with Crippen molar-refractivity contribution in [1.29, 1.82) is 0 Å². The molecular formula is C18H24FN3O2. The molecule has 1 heterocycles. The normalized spacial score (nSPS) is 21.5. The quantitative estimate of drug-likeness (QED) is 0.893. The van der Waals surface area contributed by atoms with Crippen LogP contribution >= 0.6 is 0 Å². The van der Waals surface area contributed by atoms with Crippen molar-refractivity contribution in [2.75, 3.05) is 18.4 Å². The Morgan fingerprint density at radius 2 is 1.75 bits per heavy atom. The number of urea groups is 1. The van der Waals surface area contributed by atoms with Crippen LogP contribution in [0.4, 0.5) is 14.9 Å². The number of hydrogen-bond acceptors (Lipinski definition) is 2. The summed E-state index contributed by atoms with van der Waals surface area (Å²) >= 11 is 0. The van der Waals surface area contributed by atoms with Crippen molar-refractivity contribution in [3.8, 4) is 0 Å². The molecule has 0 bridgehead atoms. The van der Waals surface area contributed by atoms with Crippen LogP contribution in [0.25, 0.3) is 0 Å². The molecule has 1 saturated heterocycles. The molecule has 2 aliphatic rings. The first-order chi connectivity index (χ1) is 11.6. The number of amides is 3. The highest BCUT2D eigenvalue weighted by atomic mass is 19.1. The van der Waals surface area contributed by atoms with Crippen molar-refractivity contribution >= 4 is 17.6 Å². The van der Waals surface area contributed by atoms with Gasteiger partial charge >= 0.3 is 6.03 Å². The maximum atomic E-state index is 12.9. The summed E-state index contributed by atoms with van der Waals surface area (Å²) in [4.78, 5) is 26.4. The largest absolute Gasteiger partial charge is 0.353 e. The van der Waals surface area contributed by atoms with Gasteiger partial charge in [-0.05, 0) is 49.9 Å². The second-order valence-corrected chi connectivity index (χ2v) is 6.71. The molecular weight excluding hydrogens is 309 g/mol. The molecule has 2 fully saturated rings. The molecule has 2 N–H and O–H groups in total. The summed E-state index contributed by atoms with van der Waals surface area (Å²) < 4.78 is 12.9. The summed E-state index contributed by atoms with van der Waals surface area (Å²) in [7, 11) is 0. The number of nitrogens with zero attached hydrogens (tertiary/aromatic N) is 1. The van der Waals surface area contributed by atoms with Crippen LogP contribution in [0.3, 0.4) is 0 Å². The smallest absolute Gasteiger partial charge is 0.321 e. The van der Waals surface area contributed by atoms with Gasteiger partial charge in [-0.15, -0.1) is 0 Å². The zero-order valence-corrected chi connectivity index (χ0v) is 13.8. The lowest BCUT2D eigenvalue weighted by molar-refractivity contribution is -0.126. The Bertz CT molecular complexity index is 584. The van der Waals surface area contributed by atoms with Crippen molar-refractivity contribution in [3.63, 3.8) is 0 Å².